The lowest BCUT2D eigenvalue weighted by Gasteiger charge is -2.33. The summed E-state index contributed by atoms with van der Waals surface area (Å²) in [6, 6.07) is 0. The van der Waals surface area contributed by atoms with Crippen LogP contribution in [0.25, 0.3) is 0 Å². The van der Waals surface area contributed by atoms with E-state index in [4.69, 9.17) is 9.15 Å². The van der Waals surface area contributed by atoms with Crippen LogP contribution in [-0.2, 0) is 17.6 Å². The molecule has 0 aromatic carbocycles. The molecule has 1 fully saturated rings. The van der Waals surface area contributed by atoms with Gasteiger partial charge in [-0.2, -0.15) is 0 Å². The molecule has 1 aliphatic carbocycles. The minimum atomic E-state index is 0.457. The van der Waals surface area contributed by atoms with Crippen molar-refractivity contribution in [2.24, 2.45) is 5.92 Å². The van der Waals surface area contributed by atoms with E-state index in [1.165, 1.54) is 0 Å². The largest absolute Gasteiger partial charge is 0.425 e. The number of hydrogen-bond acceptors (Lipinski definition) is 5. The van der Waals surface area contributed by atoms with Crippen molar-refractivity contribution < 1.29 is 9.15 Å². The van der Waals surface area contributed by atoms with Gasteiger partial charge in [-0.15, -0.1) is 10.2 Å². The highest BCUT2D eigenvalue weighted by molar-refractivity contribution is 4.90. The molecule has 0 atom stereocenters. The third-order valence-electron chi connectivity index (χ3n) is 3.38. The van der Waals surface area contributed by atoms with Crippen LogP contribution in [0.2, 0.25) is 0 Å². The lowest BCUT2D eigenvalue weighted by atomic mass is 9.80. The Labute approximate surface area is 108 Å². The molecule has 1 aromatic rings. The van der Waals surface area contributed by atoms with Crippen molar-refractivity contribution >= 4 is 0 Å². The normalized spacial score (nSPS) is 23.0. The van der Waals surface area contributed by atoms with Crippen molar-refractivity contribution in [3.63, 3.8) is 0 Å². The molecule has 0 spiro atoms. The van der Waals surface area contributed by atoms with Crippen LogP contribution >= 0.6 is 0 Å². The van der Waals surface area contributed by atoms with Gasteiger partial charge < -0.3 is 14.5 Å². The highest BCUT2D eigenvalue weighted by Crippen LogP contribution is 2.32. The van der Waals surface area contributed by atoms with Gasteiger partial charge in [0, 0.05) is 19.4 Å². The van der Waals surface area contributed by atoms with Crippen LogP contribution in [0.1, 0.15) is 38.0 Å². The molecule has 0 amide bonds. The molecule has 0 bridgehead atoms. The van der Waals surface area contributed by atoms with Gasteiger partial charge in [-0.1, -0.05) is 0 Å². The molecule has 1 N–H and O–H groups in total. The molecule has 18 heavy (non-hydrogen) atoms. The molecule has 1 aromatic heterocycles. The Morgan fingerprint density at radius 3 is 2.83 bits per heavy atom. The summed E-state index contributed by atoms with van der Waals surface area (Å²) in [5, 5.41) is 11.3. The first-order valence-corrected chi connectivity index (χ1v) is 6.89. The summed E-state index contributed by atoms with van der Waals surface area (Å²) in [7, 11) is 1.95. The lowest BCUT2D eigenvalue weighted by molar-refractivity contribution is -0.0255. The molecule has 0 aliphatic heterocycles. The van der Waals surface area contributed by atoms with Gasteiger partial charge in [0.15, 0.2) is 0 Å². The maximum Gasteiger partial charge on any atom is 0.216 e. The summed E-state index contributed by atoms with van der Waals surface area (Å²) in [4.78, 5) is 0. The Hall–Kier alpha value is -0.940. The maximum absolute atomic E-state index is 5.64. The minimum Gasteiger partial charge on any atom is -0.425 e. The van der Waals surface area contributed by atoms with Crippen LogP contribution in [-0.4, -0.2) is 36.5 Å². The van der Waals surface area contributed by atoms with Gasteiger partial charge >= 0.3 is 0 Å². The van der Waals surface area contributed by atoms with Crippen LogP contribution < -0.4 is 5.32 Å². The first-order valence-electron chi connectivity index (χ1n) is 6.89. The van der Waals surface area contributed by atoms with E-state index in [2.05, 4.69) is 15.5 Å². The standard InChI is InChI=1S/C13H23N3O2/c1-3-17-11-7-10(8-11)9-13-16-15-12(18-13)5-4-6-14-2/h10-11,14H,3-9H2,1-2H3. The molecular formula is C13H23N3O2. The molecule has 0 saturated heterocycles. The van der Waals surface area contributed by atoms with E-state index in [1.54, 1.807) is 0 Å². The maximum atomic E-state index is 5.64. The number of nitrogens with one attached hydrogen (secondary N) is 1. The van der Waals surface area contributed by atoms with Crippen LogP contribution in [0, 0.1) is 5.92 Å². The highest BCUT2D eigenvalue weighted by atomic mass is 16.5. The second-order valence-electron chi connectivity index (χ2n) is 4.92. The van der Waals surface area contributed by atoms with Crippen molar-refractivity contribution in [1.29, 1.82) is 0 Å². The van der Waals surface area contributed by atoms with E-state index in [-0.39, 0.29) is 0 Å². The fraction of sp³-hybridized carbons (Fsp3) is 0.846. The smallest absolute Gasteiger partial charge is 0.216 e. The van der Waals surface area contributed by atoms with E-state index in [9.17, 15) is 0 Å². The van der Waals surface area contributed by atoms with Gasteiger partial charge in [0.1, 0.15) is 0 Å². The fourth-order valence-corrected chi connectivity index (χ4v) is 2.35. The molecule has 5 heteroatoms. The fourth-order valence-electron chi connectivity index (χ4n) is 2.35. The number of ether oxygens (including phenoxy) is 1. The molecule has 1 saturated carbocycles. The molecule has 0 unspecified atom stereocenters. The number of rotatable bonds is 8. The van der Waals surface area contributed by atoms with Crippen LogP contribution in [0.15, 0.2) is 4.42 Å². The second-order valence-corrected chi connectivity index (χ2v) is 4.92. The third-order valence-corrected chi connectivity index (χ3v) is 3.38. The molecular weight excluding hydrogens is 230 g/mol. The second kappa shape index (κ2) is 6.85. The van der Waals surface area contributed by atoms with Crippen molar-refractivity contribution in [1.82, 2.24) is 15.5 Å². The zero-order valence-corrected chi connectivity index (χ0v) is 11.3. The van der Waals surface area contributed by atoms with Crippen molar-refractivity contribution in [2.45, 2.75) is 45.1 Å². The molecule has 2 rings (SSSR count). The summed E-state index contributed by atoms with van der Waals surface area (Å²) in [5.74, 6) is 2.21. The zero-order chi connectivity index (χ0) is 12.8. The monoisotopic (exact) mass is 253 g/mol. The van der Waals surface area contributed by atoms with Crippen molar-refractivity contribution in [3.8, 4) is 0 Å². The molecule has 1 heterocycles. The summed E-state index contributed by atoms with van der Waals surface area (Å²) < 4.78 is 11.2. The van der Waals surface area contributed by atoms with Gasteiger partial charge in [-0.3, -0.25) is 0 Å². The SMILES string of the molecule is CCOC1CC(Cc2nnc(CCCNC)o2)C1. The summed E-state index contributed by atoms with van der Waals surface area (Å²) >= 11 is 0. The van der Waals surface area contributed by atoms with Crippen molar-refractivity contribution in [3.05, 3.63) is 11.8 Å². The zero-order valence-electron chi connectivity index (χ0n) is 11.3. The Morgan fingerprint density at radius 2 is 2.11 bits per heavy atom. The van der Waals surface area contributed by atoms with Crippen molar-refractivity contribution in [2.75, 3.05) is 20.2 Å². The van der Waals surface area contributed by atoms with E-state index in [1.807, 2.05) is 14.0 Å². The van der Waals surface area contributed by atoms with E-state index >= 15 is 0 Å². The number of aryl methyl sites for hydroxylation is 1. The van der Waals surface area contributed by atoms with Gasteiger partial charge in [0.25, 0.3) is 0 Å². The highest BCUT2D eigenvalue weighted by Gasteiger charge is 2.30. The molecule has 5 nitrogen and oxygen atoms in total. The summed E-state index contributed by atoms with van der Waals surface area (Å²) in [6.45, 7) is 3.84. The van der Waals surface area contributed by atoms with E-state index in [0.717, 1.165) is 57.0 Å². The summed E-state index contributed by atoms with van der Waals surface area (Å²) in [5.41, 5.74) is 0. The molecule has 1 aliphatic rings. The molecule has 102 valence electrons. The number of aromatic nitrogens is 2. The summed E-state index contributed by atoms with van der Waals surface area (Å²) in [6.07, 6.45) is 5.52. The Bertz CT molecular complexity index is 348. The van der Waals surface area contributed by atoms with Crippen LogP contribution in [0.3, 0.4) is 0 Å². The van der Waals surface area contributed by atoms with Gasteiger partial charge in [-0.05, 0) is 45.7 Å². The van der Waals surface area contributed by atoms with Gasteiger partial charge in [0.2, 0.25) is 11.8 Å². The predicted molar refractivity (Wildman–Crippen MR) is 68.4 cm³/mol. The Kier molecular flexibility index (Phi) is 5.13. The average molecular weight is 253 g/mol. The number of nitrogens with zero attached hydrogens (tertiary/aromatic N) is 2. The average Bonchev–Trinajstić information content (AvgIpc) is 2.75. The van der Waals surface area contributed by atoms with Crippen LogP contribution in [0.5, 0.6) is 0 Å². The Morgan fingerprint density at radius 1 is 1.33 bits per heavy atom. The van der Waals surface area contributed by atoms with E-state index in [0.29, 0.717) is 12.0 Å². The first-order chi connectivity index (χ1) is 8.81. The minimum absolute atomic E-state index is 0.457. The van der Waals surface area contributed by atoms with E-state index < -0.39 is 0 Å². The topological polar surface area (TPSA) is 60.2 Å². The van der Waals surface area contributed by atoms with Crippen LogP contribution in [0.4, 0.5) is 0 Å². The van der Waals surface area contributed by atoms with Gasteiger partial charge in [-0.25, -0.2) is 0 Å². The first kappa shape index (κ1) is 13.5. The predicted octanol–water partition coefficient (Wildman–Crippen LogP) is 1.58. The van der Waals surface area contributed by atoms with Gasteiger partial charge in [0.05, 0.1) is 6.10 Å². The molecule has 0 radical (unpaired) electrons. The Balaban J connectivity index is 1.68. The lowest BCUT2D eigenvalue weighted by Crippen LogP contribution is -2.32. The quantitative estimate of drug-likeness (QED) is 0.713. The number of hydrogen-bond donors (Lipinski definition) is 1. The third kappa shape index (κ3) is 3.78.